The molecule has 2 aromatic heterocycles. The third-order valence-electron chi connectivity index (χ3n) is 12.1. The van der Waals surface area contributed by atoms with E-state index < -0.39 is 30.9 Å². The maximum atomic E-state index is 13.7. The number of nitrogens with zero attached hydrogens (tertiary/aromatic N) is 5. The second kappa shape index (κ2) is 16.9. The summed E-state index contributed by atoms with van der Waals surface area (Å²) in [6, 6.07) is 9.68. The molecule has 3 aliphatic rings. The molecule has 1 saturated heterocycles. The first-order chi connectivity index (χ1) is 27.6. The van der Waals surface area contributed by atoms with Crippen LogP contribution < -0.4 is 0 Å². The van der Waals surface area contributed by atoms with Crippen molar-refractivity contribution in [1.82, 2.24) is 23.4 Å². The number of rotatable bonds is 9. The van der Waals surface area contributed by atoms with Crippen molar-refractivity contribution < 1.29 is 39.2 Å². The molecule has 2 saturated carbocycles. The van der Waals surface area contributed by atoms with E-state index in [0.29, 0.717) is 75.7 Å². The highest BCUT2D eigenvalue weighted by atomic mass is 35.7. The van der Waals surface area contributed by atoms with Crippen LogP contribution in [-0.4, -0.2) is 71.0 Å². The summed E-state index contributed by atoms with van der Waals surface area (Å²) in [6.07, 6.45) is 2.65. The molecule has 0 N–H and O–H groups in total. The predicted molar refractivity (Wildman–Crippen MR) is 226 cm³/mol. The third-order valence-corrected chi connectivity index (χ3v) is 15.3. The van der Waals surface area contributed by atoms with Crippen LogP contribution in [0.4, 0.5) is 17.6 Å². The Morgan fingerprint density at radius 3 is 1.52 bits per heavy atom. The molecule has 60 heavy (non-hydrogen) atoms. The standard InChI is InChI=1S/C25H35F2N3O3S.C18H23ClF2N2O2S/c1-17(31)13-19-9-12-29(15-19)34(32,33)20-5-6-22-21(14-20)28-23(24(2,3)4)30(22)16-18-7-10-25(26,27)11-8-18;1-17(2,3)16-22-14-10-13(26(19,24)25)4-5-15(14)23(16)11-12-6-8-18(20,21)9-7-12/h5-6,14,18-19H,7-13,15-16H2,1-4H3;4-5,10,12H,6-9,11H2,1-3H3/t19-;/m0./s1. The first-order valence-corrected chi connectivity index (χ1v) is 24.6. The van der Waals surface area contributed by atoms with Crippen molar-refractivity contribution in [2.45, 2.75) is 158 Å². The average molecular weight is 901 g/mol. The molecule has 2 aliphatic carbocycles. The Bertz CT molecular complexity index is 2440. The van der Waals surface area contributed by atoms with Gasteiger partial charge in [-0.3, -0.25) is 0 Å². The molecule has 7 rings (SSSR count). The minimum Gasteiger partial charge on any atom is -0.327 e. The number of ketones is 1. The first-order valence-electron chi connectivity index (χ1n) is 20.8. The van der Waals surface area contributed by atoms with E-state index >= 15 is 0 Å². The van der Waals surface area contributed by atoms with E-state index in [0.717, 1.165) is 22.7 Å². The van der Waals surface area contributed by atoms with E-state index in [-0.39, 0.29) is 69.8 Å². The van der Waals surface area contributed by atoms with Gasteiger partial charge in [0.15, 0.2) is 0 Å². The minimum atomic E-state index is -3.83. The lowest BCUT2D eigenvalue weighted by molar-refractivity contribution is -0.117. The molecule has 0 radical (unpaired) electrons. The van der Waals surface area contributed by atoms with E-state index in [9.17, 15) is 39.2 Å². The number of halogens is 5. The molecule has 0 unspecified atom stereocenters. The first kappa shape index (κ1) is 46.4. The number of alkyl halides is 4. The van der Waals surface area contributed by atoms with Gasteiger partial charge in [0.25, 0.3) is 9.05 Å². The lowest BCUT2D eigenvalue weighted by Crippen LogP contribution is -2.29. The Morgan fingerprint density at radius 2 is 1.12 bits per heavy atom. The summed E-state index contributed by atoms with van der Waals surface area (Å²) in [6.45, 7) is 15.7. The maximum Gasteiger partial charge on any atom is 0.261 e. The molecule has 1 atom stereocenters. The molecule has 3 fully saturated rings. The number of sulfonamides is 1. The summed E-state index contributed by atoms with van der Waals surface area (Å²) in [7, 11) is -2.08. The molecule has 0 bridgehead atoms. The SMILES string of the molecule is CC(=O)C[C@@H]1CCN(S(=O)(=O)c2ccc3c(c2)nc(C(C)(C)C)n3CC2CCC(F)(F)CC2)C1.CC(C)(C)c1nc2cc(S(=O)(=O)Cl)ccc2n1CC1CCC(F)(F)CC1. The highest BCUT2D eigenvalue weighted by Gasteiger charge is 2.38. The van der Waals surface area contributed by atoms with Crippen molar-refractivity contribution in [3.8, 4) is 0 Å². The summed E-state index contributed by atoms with van der Waals surface area (Å²) < 4.78 is 110. The lowest BCUT2D eigenvalue weighted by atomic mass is 9.86. The van der Waals surface area contributed by atoms with E-state index in [2.05, 4.69) is 30.3 Å². The number of carbonyl (C=O) groups excluding carboxylic acids is 1. The van der Waals surface area contributed by atoms with Gasteiger partial charge < -0.3 is 13.9 Å². The van der Waals surface area contributed by atoms with Crippen LogP contribution in [0.25, 0.3) is 22.1 Å². The topological polar surface area (TPSA) is 124 Å². The van der Waals surface area contributed by atoms with Gasteiger partial charge in [-0.05, 0) is 93.2 Å². The van der Waals surface area contributed by atoms with Crippen LogP contribution >= 0.6 is 10.7 Å². The summed E-state index contributed by atoms with van der Waals surface area (Å²) >= 11 is 0. The zero-order valence-electron chi connectivity index (χ0n) is 35.6. The van der Waals surface area contributed by atoms with E-state index in [4.69, 9.17) is 15.7 Å². The van der Waals surface area contributed by atoms with E-state index in [1.807, 2.05) is 25.3 Å². The summed E-state index contributed by atoms with van der Waals surface area (Å²) in [5, 5.41) is 0. The Kier molecular flexibility index (Phi) is 13.1. The van der Waals surface area contributed by atoms with Gasteiger partial charge in [0.2, 0.25) is 21.9 Å². The summed E-state index contributed by atoms with van der Waals surface area (Å²) in [5.41, 5.74) is 2.24. The number of aromatic nitrogens is 4. The lowest BCUT2D eigenvalue weighted by Gasteiger charge is -2.30. The third kappa shape index (κ3) is 10.7. The molecule has 0 amide bonds. The largest absolute Gasteiger partial charge is 0.327 e. The molecule has 3 heterocycles. The van der Waals surface area contributed by atoms with Gasteiger partial charge in [0, 0.05) is 79.8 Å². The normalized spacial score (nSPS) is 21.0. The Morgan fingerprint density at radius 1 is 0.700 bits per heavy atom. The minimum absolute atomic E-state index is 0.00841. The monoisotopic (exact) mass is 899 g/mol. The molecule has 2 aromatic carbocycles. The van der Waals surface area contributed by atoms with Crippen molar-refractivity contribution in [3.63, 3.8) is 0 Å². The molecular weight excluding hydrogens is 842 g/mol. The van der Waals surface area contributed by atoms with Gasteiger partial charge in [-0.15, -0.1) is 0 Å². The van der Waals surface area contributed by atoms with Crippen LogP contribution in [0.1, 0.15) is 124 Å². The summed E-state index contributed by atoms with van der Waals surface area (Å²) in [4.78, 5) is 21.1. The van der Waals surface area contributed by atoms with Crippen molar-refractivity contribution in [1.29, 1.82) is 0 Å². The van der Waals surface area contributed by atoms with E-state index in [1.165, 1.54) is 23.4 Å². The average Bonchev–Trinajstić information content (AvgIpc) is 3.85. The van der Waals surface area contributed by atoms with Crippen molar-refractivity contribution in [3.05, 3.63) is 48.0 Å². The number of benzene rings is 2. The molecular formula is C43H58ClF4N5O5S2. The van der Waals surface area contributed by atoms with Crippen molar-refractivity contribution >= 4 is 57.6 Å². The highest BCUT2D eigenvalue weighted by molar-refractivity contribution is 8.13. The summed E-state index contributed by atoms with van der Waals surface area (Å²) in [5.74, 6) is -3.04. The number of imidazole rings is 2. The van der Waals surface area contributed by atoms with Crippen molar-refractivity contribution in [2.24, 2.45) is 17.8 Å². The van der Waals surface area contributed by atoms with Crippen LogP contribution in [0, 0.1) is 17.8 Å². The van der Waals surface area contributed by atoms with Crippen LogP contribution in [0.2, 0.25) is 0 Å². The molecule has 332 valence electrons. The van der Waals surface area contributed by atoms with Gasteiger partial charge in [-0.25, -0.2) is 44.4 Å². The Labute approximate surface area is 355 Å². The van der Waals surface area contributed by atoms with Crippen LogP contribution in [0.3, 0.4) is 0 Å². The van der Waals surface area contributed by atoms with Crippen LogP contribution in [-0.2, 0) is 47.8 Å². The predicted octanol–water partition coefficient (Wildman–Crippen LogP) is 10.2. The zero-order valence-corrected chi connectivity index (χ0v) is 38.0. The van der Waals surface area contributed by atoms with Crippen LogP contribution in [0.5, 0.6) is 0 Å². The quantitative estimate of drug-likeness (QED) is 0.121. The number of hydrogen-bond acceptors (Lipinski definition) is 7. The molecule has 10 nitrogen and oxygen atoms in total. The molecule has 1 aliphatic heterocycles. The number of carbonyl (C=O) groups is 1. The van der Waals surface area contributed by atoms with Gasteiger partial charge in [0.05, 0.1) is 31.9 Å². The second-order valence-corrected chi connectivity index (χ2v) is 23.9. The number of Topliss-reactive ketones (excluding diaryl/α,β-unsaturated/α-hetero) is 1. The molecule has 4 aromatic rings. The Balaban J connectivity index is 0.000000209. The van der Waals surface area contributed by atoms with Crippen molar-refractivity contribution in [2.75, 3.05) is 13.1 Å². The fourth-order valence-corrected chi connectivity index (χ4v) is 11.2. The fourth-order valence-electron chi connectivity index (χ4n) is 8.87. The highest BCUT2D eigenvalue weighted by Crippen LogP contribution is 2.40. The maximum absolute atomic E-state index is 13.7. The fraction of sp³-hybridized carbons (Fsp3) is 0.651. The zero-order chi connectivity index (χ0) is 44.2. The van der Waals surface area contributed by atoms with Gasteiger partial charge in [0.1, 0.15) is 17.4 Å². The molecule has 0 spiro atoms. The molecule has 17 heteroatoms. The van der Waals surface area contributed by atoms with Crippen LogP contribution in [0.15, 0.2) is 46.2 Å². The van der Waals surface area contributed by atoms with Gasteiger partial charge >= 0.3 is 0 Å². The van der Waals surface area contributed by atoms with E-state index in [1.54, 1.807) is 24.3 Å². The second-order valence-electron chi connectivity index (χ2n) is 19.4. The number of hydrogen-bond donors (Lipinski definition) is 0. The van der Waals surface area contributed by atoms with Gasteiger partial charge in [-0.2, -0.15) is 4.31 Å². The van der Waals surface area contributed by atoms with Gasteiger partial charge in [-0.1, -0.05) is 41.5 Å². The Hall–Kier alpha value is -3.08. The number of fused-ring (bicyclic) bond motifs is 2. The smallest absolute Gasteiger partial charge is 0.261 e.